The molecule has 2 heterocycles. The molecule has 1 amide bonds. The second kappa shape index (κ2) is 6.63. The summed E-state index contributed by atoms with van der Waals surface area (Å²) in [5, 5.41) is 13.0. The minimum absolute atomic E-state index is 0.283. The van der Waals surface area contributed by atoms with E-state index in [-0.39, 0.29) is 11.9 Å². The molecule has 2 atom stereocenters. The number of aromatic nitrogens is 1. The van der Waals surface area contributed by atoms with Crippen molar-refractivity contribution < 1.29 is 19.1 Å². The molecule has 2 aromatic heterocycles. The highest BCUT2D eigenvalue weighted by Gasteiger charge is 2.34. The minimum atomic E-state index is -0.858. The van der Waals surface area contributed by atoms with E-state index in [4.69, 9.17) is 4.42 Å². The summed E-state index contributed by atoms with van der Waals surface area (Å²) < 4.78 is 5.41. The largest absolute Gasteiger partial charge is 0.481 e. The van der Waals surface area contributed by atoms with Crippen LogP contribution in [0.1, 0.15) is 29.6 Å². The van der Waals surface area contributed by atoms with E-state index in [0.29, 0.717) is 35.4 Å². The normalized spacial score (nSPS) is 19.5. The third kappa shape index (κ3) is 2.94. The van der Waals surface area contributed by atoms with Gasteiger partial charge in [-0.15, -0.1) is 0 Å². The van der Waals surface area contributed by atoms with Crippen LogP contribution in [0.15, 0.2) is 53.1 Å². The number of carboxylic acids is 1. The molecule has 1 saturated carbocycles. The molecule has 0 saturated heterocycles. The molecule has 1 fully saturated rings. The SMILES string of the molecule is O=C(N[C@H]1CCC[C@H]1C(=O)O)c1cc(-c2ccco2)nc2ccccc12. The summed E-state index contributed by atoms with van der Waals surface area (Å²) in [5.41, 5.74) is 1.73. The third-order valence-electron chi connectivity index (χ3n) is 4.88. The molecule has 0 spiro atoms. The Kier molecular flexibility index (Phi) is 4.16. The fraction of sp³-hybridized carbons (Fsp3) is 0.250. The molecule has 3 aromatic rings. The quantitative estimate of drug-likeness (QED) is 0.751. The lowest BCUT2D eigenvalue weighted by molar-refractivity contribution is -0.142. The third-order valence-corrected chi connectivity index (χ3v) is 4.88. The molecule has 1 aliphatic carbocycles. The first-order valence-electron chi connectivity index (χ1n) is 8.61. The number of carbonyl (C=O) groups excluding carboxylic acids is 1. The second-order valence-electron chi connectivity index (χ2n) is 6.51. The number of rotatable bonds is 4. The van der Waals surface area contributed by atoms with E-state index >= 15 is 0 Å². The van der Waals surface area contributed by atoms with Crippen LogP contribution in [0.3, 0.4) is 0 Å². The van der Waals surface area contributed by atoms with Crippen LogP contribution in [-0.4, -0.2) is 28.0 Å². The number of nitrogens with one attached hydrogen (secondary N) is 1. The van der Waals surface area contributed by atoms with Crippen LogP contribution in [-0.2, 0) is 4.79 Å². The number of carboxylic acid groups (broad SMARTS) is 1. The highest BCUT2D eigenvalue weighted by molar-refractivity contribution is 6.07. The van der Waals surface area contributed by atoms with Gasteiger partial charge in [0.25, 0.3) is 5.91 Å². The number of nitrogens with zero attached hydrogens (tertiary/aromatic N) is 1. The molecule has 26 heavy (non-hydrogen) atoms. The number of hydrogen-bond acceptors (Lipinski definition) is 4. The zero-order chi connectivity index (χ0) is 18.1. The molecule has 0 unspecified atom stereocenters. The van der Waals surface area contributed by atoms with Gasteiger partial charge in [0.15, 0.2) is 5.76 Å². The number of benzene rings is 1. The summed E-state index contributed by atoms with van der Waals surface area (Å²) in [5.74, 6) is -1.09. The Morgan fingerprint density at radius 3 is 2.77 bits per heavy atom. The fourth-order valence-corrected chi connectivity index (χ4v) is 3.59. The van der Waals surface area contributed by atoms with Crippen molar-refractivity contribution >= 4 is 22.8 Å². The Morgan fingerprint density at radius 1 is 1.15 bits per heavy atom. The van der Waals surface area contributed by atoms with E-state index in [9.17, 15) is 14.7 Å². The van der Waals surface area contributed by atoms with Gasteiger partial charge in [0, 0.05) is 11.4 Å². The van der Waals surface area contributed by atoms with Crippen molar-refractivity contribution in [1.29, 1.82) is 0 Å². The summed E-state index contributed by atoms with van der Waals surface area (Å²) in [6.07, 6.45) is 3.63. The lowest BCUT2D eigenvalue weighted by atomic mass is 10.0. The number of amides is 1. The zero-order valence-corrected chi connectivity index (χ0v) is 14.0. The molecule has 1 aliphatic rings. The summed E-state index contributed by atoms with van der Waals surface area (Å²) in [6, 6.07) is 12.3. The lowest BCUT2D eigenvalue weighted by Gasteiger charge is -2.18. The number of para-hydroxylation sites is 1. The van der Waals surface area contributed by atoms with Crippen LogP contribution in [0.25, 0.3) is 22.4 Å². The maximum absolute atomic E-state index is 12.9. The van der Waals surface area contributed by atoms with E-state index in [1.54, 1.807) is 24.5 Å². The first-order valence-corrected chi connectivity index (χ1v) is 8.61. The van der Waals surface area contributed by atoms with E-state index in [2.05, 4.69) is 10.3 Å². The number of furan rings is 1. The van der Waals surface area contributed by atoms with Crippen molar-refractivity contribution in [1.82, 2.24) is 10.3 Å². The van der Waals surface area contributed by atoms with Gasteiger partial charge in [-0.05, 0) is 37.1 Å². The number of fused-ring (bicyclic) bond motifs is 1. The van der Waals surface area contributed by atoms with Crippen LogP contribution in [0.5, 0.6) is 0 Å². The molecule has 0 radical (unpaired) electrons. The monoisotopic (exact) mass is 350 g/mol. The number of carbonyl (C=O) groups is 2. The first kappa shape index (κ1) is 16.3. The summed E-state index contributed by atoms with van der Waals surface area (Å²) in [6.45, 7) is 0. The molecule has 0 aliphatic heterocycles. The molecule has 2 N–H and O–H groups in total. The molecule has 4 rings (SSSR count). The highest BCUT2D eigenvalue weighted by atomic mass is 16.4. The Morgan fingerprint density at radius 2 is 2.00 bits per heavy atom. The van der Waals surface area contributed by atoms with E-state index < -0.39 is 11.9 Å². The van der Waals surface area contributed by atoms with Gasteiger partial charge in [0.05, 0.1) is 23.3 Å². The Balaban J connectivity index is 1.72. The summed E-state index contributed by atoms with van der Waals surface area (Å²) >= 11 is 0. The van der Waals surface area contributed by atoms with Crippen LogP contribution >= 0.6 is 0 Å². The van der Waals surface area contributed by atoms with Gasteiger partial charge in [-0.3, -0.25) is 9.59 Å². The van der Waals surface area contributed by atoms with Crippen molar-refractivity contribution in [3.8, 4) is 11.5 Å². The predicted octanol–water partition coefficient (Wildman–Crippen LogP) is 3.48. The minimum Gasteiger partial charge on any atom is -0.481 e. The molecule has 6 heteroatoms. The van der Waals surface area contributed by atoms with Crippen molar-refractivity contribution in [2.75, 3.05) is 0 Å². The van der Waals surface area contributed by atoms with Gasteiger partial charge >= 0.3 is 5.97 Å². The smallest absolute Gasteiger partial charge is 0.308 e. The van der Waals surface area contributed by atoms with E-state index in [0.717, 1.165) is 11.8 Å². The Labute approximate surface area is 149 Å². The van der Waals surface area contributed by atoms with E-state index in [1.807, 2.05) is 24.3 Å². The second-order valence-corrected chi connectivity index (χ2v) is 6.51. The van der Waals surface area contributed by atoms with Gasteiger partial charge in [0.2, 0.25) is 0 Å². The fourth-order valence-electron chi connectivity index (χ4n) is 3.59. The predicted molar refractivity (Wildman–Crippen MR) is 95.7 cm³/mol. The van der Waals surface area contributed by atoms with Gasteiger partial charge in [0.1, 0.15) is 5.69 Å². The molecule has 1 aromatic carbocycles. The standard InChI is InChI=1S/C20H18N2O4/c23-19(22-16-8-3-6-13(16)20(24)25)14-11-17(18-9-4-10-26-18)21-15-7-2-1-5-12(14)15/h1-2,4-5,7,9-11,13,16H,3,6,8H2,(H,22,23)(H,24,25)/t13-,16+/m1/s1. The topological polar surface area (TPSA) is 92.4 Å². The molecular formula is C20H18N2O4. The Hall–Kier alpha value is -3.15. The summed E-state index contributed by atoms with van der Waals surface area (Å²) in [4.78, 5) is 28.9. The van der Waals surface area contributed by atoms with Crippen LogP contribution < -0.4 is 5.32 Å². The summed E-state index contributed by atoms with van der Waals surface area (Å²) in [7, 11) is 0. The highest BCUT2D eigenvalue weighted by Crippen LogP contribution is 2.28. The van der Waals surface area contributed by atoms with Crippen molar-refractivity contribution in [2.24, 2.45) is 5.92 Å². The van der Waals surface area contributed by atoms with Crippen LogP contribution in [0.4, 0.5) is 0 Å². The number of aliphatic carboxylic acids is 1. The van der Waals surface area contributed by atoms with Gasteiger partial charge in [-0.25, -0.2) is 4.98 Å². The molecular weight excluding hydrogens is 332 g/mol. The zero-order valence-electron chi connectivity index (χ0n) is 14.0. The van der Waals surface area contributed by atoms with Crippen LogP contribution in [0, 0.1) is 5.92 Å². The van der Waals surface area contributed by atoms with Crippen molar-refractivity contribution in [3.05, 3.63) is 54.3 Å². The number of pyridine rings is 1. The first-order chi connectivity index (χ1) is 12.6. The lowest BCUT2D eigenvalue weighted by Crippen LogP contribution is -2.40. The molecule has 132 valence electrons. The Bertz CT molecular complexity index is 965. The molecule has 6 nitrogen and oxygen atoms in total. The van der Waals surface area contributed by atoms with Crippen molar-refractivity contribution in [2.45, 2.75) is 25.3 Å². The van der Waals surface area contributed by atoms with Crippen molar-refractivity contribution in [3.63, 3.8) is 0 Å². The van der Waals surface area contributed by atoms with E-state index in [1.165, 1.54) is 0 Å². The molecule has 0 bridgehead atoms. The number of hydrogen-bond donors (Lipinski definition) is 2. The van der Waals surface area contributed by atoms with Gasteiger partial charge < -0.3 is 14.8 Å². The van der Waals surface area contributed by atoms with Gasteiger partial charge in [-0.1, -0.05) is 24.6 Å². The van der Waals surface area contributed by atoms with Crippen LogP contribution in [0.2, 0.25) is 0 Å². The maximum Gasteiger partial charge on any atom is 0.308 e. The average molecular weight is 350 g/mol. The van der Waals surface area contributed by atoms with Gasteiger partial charge in [-0.2, -0.15) is 0 Å². The maximum atomic E-state index is 12.9. The average Bonchev–Trinajstić information content (AvgIpc) is 3.32.